The molecule has 1 aromatic heterocycles. The van der Waals surface area contributed by atoms with E-state index in [9.17, 15) is 10.5 Å². The summed E-state index contributed by atoms with van der Waals surface area (Å²) in [4.78, 5) is 2.79. The lowest BCUT2D eigenvalue weighted by molar-refractivity contribution is -0.890. The van der Waals surface area contributed by atoms with Crippen LogP contribution in [0.5, 0.6) is 0 Å². The van der Waals surface area contributed by atoms with Crippen LogP contribution in [0.25, 0.3) is 0 Å². The molecule has 0 aliphatic carbocycles. The minimum absolute atomic E-state index is 0.00455. The SMILES string of the molecule is Cc1cc(N(CC(C)OCCOCC[N+](C)(C)CCCS)CC(C)OCC[N+](C)(C)CCCS)ccc1N=Nc1sc(C#N)c(C)c1C#N. The monoisotopic (exact) mass is 733 g/mol. The van der Waals surface area contributed by atoms with Gasteiger partial charge in [-0.25, -0.2) is 0 Å². The number of thiol groups is 2. The van der Waals surface area contributed by atoms with E-state index in [4.69, 9.17) is 14.2 Å². The van der Waals surface area contributed by atoms with Crippen molar-refractivity contribution in [3.05, 3.63) is 39.8 Å². The third-order valence-corrected chi connectivity index (χ3v) is 10.2. The number of likely N-dealkylation sites (N-methyl/N-ethyl adjacent to an activating group) is 2. The van der Waals surface area contributed by atoms with Gasteiger partial charge in [0.25, 0.3) is 0 Å². The molecule has 1 heterocycles. The summed E-state index contributed by atoms with van der Waals surface area (Å²) in [5.41, 5.74) is 3.75. The van der Waals surface area contributed by atoms with Gasteiger partial charge in [-0.2, -0.15) is 35.8 Å². The van der Waals surface area contributed by atoms with Crippen LogP contribution in [0.4, 0.5) is 16.4 Å². The molecule has 10 nitrogen and oxygen atoms in total. The lowest BCUT2D eigenvalue weighted by Crippen LogP contribution is -2.44. The molecule has 0 radical (unpaired) electrons. The maximum atomic E-state index is 9.58. The predicted octanol–water partition coefficient (Wildman–Crippen LogP) is 6.95. The van der Waals surface area contributed by atoms with Crippen LogP contribution in [0.3, 0.4) is 0 Å². The number of nitrogens with zero attached hydrogens (tertiary/aromatic N) is 7. The van der Waals surface area contributed by atoms with E-state index in [1.165, 1.54) is 11.3 Å². The van der Waals surface area contributed by atoms with E-state index in [1.807, 2.05) is 19.1 Å². The van der Waals surface area contributed by atoms with Crippen LogP contribution in [0.2, 0.25) is 0 Å². The fourth-order valence-corrected chi connectivity index (χ4v) is 6.47. The van der Waals surface area contributed by atoms with Crippen molar-refractivity contribution in [3.8, 4) is 12.1 Å². The fourth-order valence-electron chi connectivity index (χ4n) is 5.31. The summed E-state index contributed by atoms with van der Waals surface area (Å²) in [6.07, 6.45) is 2.15. The average molecular weight is 734 g/mol. The summed E-state index contributed by atoms with van der Waals surface area (Å²) >= 11 is 9.89. The van der Waals surface area contributed by atoms with Crippen molar-refractivity contribution in [1.82, 2.24) is 0 Å². The summed E-state index contributed by atoms with van der Waals surface area (Å²) in [6, 6.07) is 10.4. The molecule has 0 spiro atoms. The summed E-state index contributed by atoms with van der Waals surface area (Å²) in [5, 5.41) is 28.2. The zero-order valence-corrected chi connectivity index (χ0v) is 33.5. The molecule has 13 heteroatoms. The number of azo groups is 1. The van der Waals surface area contributed by atoms with Gasteiger partial charge in [0.1, 0.15) is 30.1 Å². The van der Waals surface area contributed by atoms with Crippen molar-refractivity contribution in [1.29, 1.82) is 10.5 Å². The number of ether oxygens (including phenoxy) is 3. The molecule has 49 heavy (non-hydrogen) atoms. The lowest BCUT2D eigenvalue weighted by atomic mass is 10.1. The molecule has 2 unspecified atom stereocenters. The first-order valence-corrected chi connectivity index (χ1v) is 19.2. The molecule has 0 bridgehead atoms. The number of thiophene rings is 1. The Morgan fingerprint density at radius 2 is 1.41 bits per heavy atom. The first-order valence-electron chi connectivity index (χ1n) is 17.1. The molecular formula is C36H59N7O3S3+2. The van der Waals surface area contributed by atoms with Gasteiger partial charge in [0.15, 0.2) is 5.00 Å². The van der Waals surface area contributed by atoms with E-state index in [-0.39, 0.29) is 12.2 Å². The van der Waals surface area contributed by atoms with E-state index in [1.54, 1.807) is 6.92 Å². The van der Waals surface area contributed by atoms with E-state index in [0.29, 0.717) is 66.2 Å². The number of aryl methyl sites for hydroxylation is 1. The zero-order chi connectivity index (χ0) is 36.5. The van der Waals surface area contributed by atoms with Crippen molar-refractivity contribution >= 4 is 53.0 Å². The van der Waals surface area contributed by atoms with E-state index in [2.05, 4.69) is 101 Å². The Balaban J connectivity index is 2.10. The van der Waals surface area contributed by atoms with Crippen LogP contribution in [0.15, 0.2) is 28.4 Å². The van der Waals surface area contributed by atoms with Gasteiger partial charge in [0.05, 0.1) is 91.2 Å². The van der Waals surface area contributed by atoms with Gasteiger partial charge >= 0.3 is 0 Å². The van der Waals surface area contributed by atoms with Crippen molar-refractivity contribution in [2.24, 2.45) is 10.2 Å². The molecule has 0 N–H and O–H groups in total. The summed E-state index contributed by atoms with van der Waals surface area (Å²) in [5.74, 6) is 1.80. The Hall–Kier alpha value is -2.20. The first-order chi connectivity index (χ1) is 23.3. The van der Waals surface area contributed by atoms with Crippen molar-refractivity contribution in [2.45, 2.75) is 52.7 Å². The van der Waals surface area contributed by atoms with Crippen LogP contribution in [-0.4, -0.2) is 127 Å². The zero-order valence-electron chi connectivity index (χ0n) is 30.9. The Kier molecular flexibility index (Phi) is 19.2. The molecule has 0 aliphatic rings. The molecule has 272 valence electrons. The third kappa shape index (κ3) is 15.7. The number of benzene rings is 1. The number of nitriles is 2. The van der Waals surface area contributed by atoms with Crippen LogP contribution in [0.1, 0.15) is 48.3 Å². The highest BCUT2D eigenvalue weighted by Gasteiger charge is 2.20. The molecule has 0 saturated carbocycles. The third-order valence-electron chi connectivity index (χ3n) is 8.50. The molecule has 1 aromatic carbocycles. The Bertz CT molecular complexity index is 1400. The summed E-state index contributed by atoms with van der Waals surface area (Å²) in [7, 11) is 8.93. The van der Waals surface area contributed by atoms with Gasteiger partial charge < -0.3 is 28.1 Å². The second-order valence-electron chi connectivity index (χ2n) is 13.9. The second kappa shape index (κ2) is 21.9. The van der Waals surface area contributed by atoms with E-state index >= 15 is 0 Å². The first kappa shape index (κ1) is 43.0. The minimum Gasteiger partial charge on any atom is -0.374 e. The molecular weight excluding hydrogens is 675 g/mol. The molecule has 0 fully saturated rings. The second-order valence-corrected chi connectivity index (χ2v) is 15.8. The fraction of sp³-hybridized carbons (Fsp3) is 0.667. The van der Waals surface area contributed by atoms with Gasteiger partial charge in [-0.3, -0.25) is 0 Å². The smallest absolute Gasteiger partial charge is 0.158 e. The molecule has 2 rings (SSSR count). The van der Waals surface area contributed by atoms with Gasteiger partial charge in [-0.05, 0) is 68.5 Å². The van der Waals surface area contributed by atoms with Crippen molar-refractivity contribution < 1.29 is 23.2 Å². The Morgan fingerprint density at radius 3 is 1.96 bits per heavy atom. The molecule has 0 aliphatic heterocycles. The number of hydrogen-bond donors (Lipinski definition) is 2. The Morgan fingerprint density at radius 1 is 0.816 bits per heavy atom. The van der Waals surface area contributed by atoms with Crippen LogP contribution in [0, 0.1) is 36.5 Å². The Labute approximate surface area is 310 Å². The van der Waals surface area contributed by atoms with Crippen molar-refractivity contribution in [2.75, 3.05) is 110 Å². The van der Waals surface area contributed by atoms with Crippen LogP contribution < -0.4 is 4.90 Å². The molecule has 0 amide bonds. The predicted molar refractivity (Wildman–Crippen MR) is 208 cm³/mol. The highest BCUT2D eigenvalue weighted by atomic mass is 32.1. The minimum atomic E-state index is -0.0317. The molecule has 2 aromatic rings. The quantitative estimate of drug-likeness (QED) is 0.0524. The summed E-state index contributed by atoms with van der Waals surface area (Å²) < 4.78 is 20.3. The number of quaternary nitrogens is 2. The average Bonchev–Trinajstić information content (AvgIpc) is 3.37. The van der Waals surface area contributed by atoms with Crippen molar-refractivity contribution in [3.63, 3.8) is 0 Å². The topological polar surface area (TPSA) is 103 Å². The van der Waals surface area contributed by atoms with Crippen LogP contribution in [-0.2, 0) is 14.2 Å². The van der Waals surface area contributed by atoms with E-state index in [0.717, 1.165) is 70.7 Å². The van der Waals surface area contributed by atoms with Gasteiger partial charge in [-0.1, -0.05) is 0 Å². The highest BCUT2D eigenvalue weighted by molar-refractivity contribution is 7.80. The maximum absolute atomic E-state index is 9.58. The highest BCUT2D eigenvalue weighted by Crippen LogP contribution is 2.36. The normalized spacial score (nSPS) is 13.4. The van der Waals surface area contributed by atoms with Crippen LogP contribution >= 0.6 is 36.6 Å². The number of anilines is 1. The largest absolute Gasteiger partial charge is 0.374 e. The maximum Gasteiger partial charge on any atom is 0.158 e. The van der Waals surface area contributed by atoms with Gasteiger partial charge in [-0.15, -0.1) is 21.6 Å². The molecule has 0 saturated heterocycles. The van der Waals surface area contributed by atoms with Gasteiger partial charge in [0.2, 0.25) is 0 Å². The lowest BCUT2D eigenvalue weighted by Gasteiger charge is -2.32. The number of hydrogen-bond acceptors (Lipinski definition) is 11. The number of rotatable bonds is 24. The van der Waals surface area contributed by atoms with Gasteiger partial charge in [0, 0.05) is 31.6 Å². The summed E-state index contributed by atoms with van der Waals surface area (Å²) in [6.45, 7) is 15.9. The van der Waals surface area contributed by atoms with E-state index < -0.39 is 0 Å². The standard InChI is InChI=1S/C36H57N7O3S3/c1-28-23-32(11-12-34(28)39-40-36-33(24-37)31(4)35(25-38)49-36)41(26-29(2)45-18-16-43(7,8)14-10-22-48)27-30(3)46-20-19-44-17-15-42(5,6)13-9-21-47/h11-12,23,29-30H,9-10,13-22,26-27H2,1-8H3/p+2. The molecule has 2 atom stereocenters.